The van der Waals surface area contributed by atoms with Crippen molar-refractivity contribution in [2.24, 2.45) is 0 Å². The normalized spacial score (nSPS) is 10.9. The lowest BCUT2D eigenvalue weighted by atomic mass is 9.98. The molecule has 0 N–H and O–H groups in total. The zero-order valence-electron chi connectivity index (χ0n) is 12.3. The van der Waals surface area contributed by atoms with Gasteiger partial charge in [0.05, 0.1) is 23.4 Å². The van der Waals surface area contributed by atoms with Gasteiger partial charge in [-0.15, -0.1) is 0 Å². The summed E-state index contributed by atoms with van der Waals surface area (Å²) in [5.41, 5.74) is 3.22. The van der Waals surface area contributed by atoms with E-state index < -0.39 is 5.97 Å². The molecular weight excluding hydrogens is 283 g/mol. The summed E-state index contributed by atoms with van der Waals surface area (Å²) in [5.74, 6) is -0.742. The van der Waals surface area contributed by atoms with Gasteiger partial charge in [-0.1, -0.05) is 12.1 Å². The molecule has 3 aromatic rings. The lowest BCUT2D eigenvalue weighted by Gasteiger charge is -2.13. The van der Waals surface area contributed by atoms with Crippen LogP contribution in [0, 0.1) is 12.7 Å². The van der Waals surface area contributed by atoms with Crippen molar-refractivity contribution in [2.75, 3.05) is 6.61 Å². The van der Waals surface area contributed by atoms with Gasteiger partial charge < -0.3 is 4.74 Å². The molecule has 22 heavy (non-hydrogen) atoms. The maximum Gasteiger partial charge on any atom is 0.340 e. The van der Waals surface area contributed by atoms with Crippen molar-refractivity contribution in [3.05, 3.63) is 59.7 Å². The van der Waals surface area contributed by atoms with Crippen LogP contribution in [0.5, 0.6) is 0 Å². The van der Waals surface area contributed by atoms with Gasteiger partial charge >= 0.3 is 5.97 Å². The molecule has 4 nitrogen and oxygen atoms in total. The Morgan fingerprint density at radius 3 is 2.68 bits per heavy atom. The molecule has 0 spiro atoms. The average Bonchev–Trinajstić information content (AvgIpc) is 2.94. The number of aromatic nitrogens is 2. The Balaban J connectivity index is 2.33. The van der Waals surface area contributed by atoms with Crippen molar-refractivity contribution >= 4 is 11.5 Å². The number of carbonyl (C=O) groups excluding carboxylic acids is 1. The number of halogens is 1. The Hall–Kier alpha value is -2.69. The zero-order valence-corrected chi connectivity index (χ0v) is 12.3. The van der Waals surface area contributed by atoms with E-state index in [9.17, 15) is 9.18 Å². The molecule has 0 atom stereocenters. The van der Waals surface area contributed by atoms with E-state index in [4.69, 9.17) is 4.74 Å². The lowest BCUT2D eigenvalue weighted by molar-refractivity contribution is 0.0525. The second kappa shape index (κ2) is 5.60. The Morgan fingerprint density at radius 1 is 1.27 bits per heavy atom. The highest BCUT2D eigenvalue weighted by Crippen LogP contribution is 2.31. The van der Waals surface area contributed by atoms with Crippen LogP contribution in [-0.2, 0) is 4.74 Å². The first-order valence-corrected chi connectivity index (χ1v) is 7.03. The van der Waals surface area contributed by atoms with Gasteiger partial charge in [0.2, 0.25) is 0 Å². The molecule has 112 valence electrons. The molecule has 0 saturated heterocycles. The number of carbonyl (C=O) groups is 1. The fraction of sp³-hybridized carbons (Fsp3) is 0.176. The van der Waals surface area contributed by atoms with Crippen molar-refractivity contribution in [1.29, 1.82) is 0 Å². The van der Waals surface area contributed by atoms with Crippen LogP contribution in [0.4, 0.5) is 4.39 Å². The summed E-state index contributed by atoms with van der Waals surface area (Å²) in [6.45, 7) is 3.81. The Kier molecular flexibility index (Phi) is 3.63. The third-order valence-corrected chi connectivity index (χ3v) is 3.47. The first-order valence-electron chi connectivity index (χ1n) is 7.03. The summed E-state index contributed by atoms with van der Waals surface area (Å²) in [5, 5.41) is 4.38. The van der Waals surface area contributed by atoms with Crippen LogP contribution in [0.1, 0.15) is 23.0 Å². The number of esters is 1. The van der Waals surface area contributed by atoms with Crippen LogP contribution < -0.4 is 0 Å². The summed E-state index contributed by atoms with van der Waals surface area (Å²) >= 11 is 0. The topological polar surface area (TPSA) is 43.6 Å². The van der Waals surface area contributed by atoms with Gasteiger partial charge in [-0.2, -0.15) is 5.10 Å². The number of benzene rings is 1. The van der Waals surface area contributed by atoms with Crippen LogP contribution in [0.3, 0.4) is 0 Å². The van der Waals surface area contributed by atoms with Crippen LogP contribution in [-0.4, -0.2) is 22.2 Å². The molecule has 2 heterocycles. The number of rotatable bonds is 3. The summed E-state index contributed by atoms with van der Waals surface area (Å²) in [6, 6.07) is 9.77. The van der Waals surface area contributed by atoms with Crippen molar-refractivity contribution in [2.45, 2.75) is 13.8 Å². The molecule has 1 aromatic carbocycles. The Labute approximate surface area is 127 Å². The van der Waals surface area contributed by atoms with Crippen LogP contribution >= 0.6 is 0 Å². The quantitative estimate of drug-likeness (QED) is 0.694. The second-order valence-electron chi connectivity index (χ2n) is 4.90. The van der Waals surface area contributed by atoms with Crippen molar-refractivity contribution in [3.63, 3.8) is 0 Å². The van der Waals surface area contributed by atoms with E-state index in [0.717, 1.165) is 11.1 Å². The van der Waals surface area contributed by atoms with Crippen LogP contribution in [0.2, 0.25) is 0 Å². The molecule has 0 aliphatic heterocycles. The van der Waals surface area contributed by atoms with Gasteiger partial charge in [0.15, 0.2) is 0 Å². The van der Waals surface area contributed by atoms with Gasteiger partial charge in [-0.3, -0.25) is 0 Å². The standard InChI is InChI=1S/C17H15FN2O2/c1-3-22-17(21)15-11(2)19-20-10-4-5-14(20)16(15)12-6-8-13(18)9-7-12/h4-10H,3H2,1-2H3. The summed E-state index contributed by atoms with van der Waals surface area (Å²) in [6.07, 6.45) is 1.81. The van der Waals surface area contributed by atoms with E-state index in [1.54, 1.807) is 30.5 Å². The molecule has 0 aliphatic carbocycles. The molecule has 3 rings (SSSR count). The van der Waals surface area contributed by atoms with Gasteiger partial charge in [0, 0.05) is 11.8 Å². The SMILES string of the molecule is CCOC(=O)c1c(C)nn2cccc2c1-c1ccc(F)cc1. The number of fused-ring (bicyclic) bond motifs is 1. The van der Waals surface area contributed by atoms with Crippen molar-refractivity contribution in [1.82, 2.24) is 9.61 Å². The predicted octanol–water partition coefficient (Wildman–Crippen LogP) is 3.63. The smallest absolute Gasteiger partial charge is 0.340 e. The molecule has 0 amide bonds. The summed E-state index contributed by atoms with van der Waals surface area (Å²) in [7, 11) is 0. The van der Waals surface area contributed by atoms with E-state index in [1.807, 2.05) is 18.3 Å². The minimum atomic E-state index is -0.421. The number of hydrogen-bond donors (Lipinski definition) is 0. The highest BCUT2D eigenvalue weighted by atomic mass is 19.1. The first kappa shape index (κ1) is 14.3. The highest BCUT2D eigenvalue weighted by molar-refractivity contribution is 6.02. The Morgan fingerprint density at radius 2 is 2.00 bits per heavy atom. The number of ether oxygens (including phenoxy) is 1. The van der Waals surface area contributed by atoms with E-state index >= 15 is 0 Å². The monoisotopic (exact) mass is 298 g/mol. The maximum absolute atomic E-state index is 13.2. The zero-order chi connectivity index (χ0) is 15.7. The summed E-state index contributed by atoms with van der Waals surface area (Å²) in [4.78, 5) is 12.3. The summed E-state index contributed by atoms with van der Waals surface area (Å²) < 4.78 is 20.1. The minimum Gasteiger partial charge on any atom is -0.462 e. The fourth-order valence-corrected chi connectivity index (χ4v) is 2.54. The molecular formula is C17H15FN2O2. The van der Waals surface area contributed by atoms with Gasteiger partial charge in [0.1, 0.15) is 5.82 Å². The Bertz CT molecular complexity index is 838. The van der Waals surface area contributed by atoms with Crippen molar-refractivity contribution in [3.8, 4) is 11.1 Å². The first-order chi connectivity index (χ1) is 10.6. The number of hydrogen-bond acceptors (Lipinski definition) is 3. The van der Waals surface area contributed by atoms with Gasteiger partial charge in [-0.25, -0.2) is 13.7 Å². The molecule has 2 aromatic heterocycles. The maximum atomic E-state index is 13.2. The molecule has 0 fully saturated rings. The van der Waals surface area contributed by atoms with Gasteiger partial charge in [-0.05, 0) is 43.7 Å². The van der Waals surface area contributed by atoms with Gasteiger partial charge in [0.25, 0.3) is 0 Å². The molecule has 0 bridgehead atoms. The van der Waals surface area contributed by atoms with E-state index in [0.29, 0.717) is 16.8 Å². The van der Waals surface area contributed by atoms with E-state index in [2.05, 4.69) is 5.10 Å². The van der Waals surface area contributed by atoms with Crippen LogP contribution in [0.25, 0.3) is 16.6 Å². The van der Waals surface area contributed by atoms with E-state index in [-0.39, 0.29) is 12.4 Å². The molecule has 0 aliphatic rings. The minimum absolute atomic E-state index is 0.285. The lowest BCUT2D eigenvalue weighted by Crippen LogP contribution is -2.12. The largest absolute Gasteiger partial charge is 0.462 e. The highest BCUT2D eigenvalue weighted by Gasteiger charge is 2.21. The number of nitrogens with zero attached hydrogens (tertiary/aromatic N) is 2. The predicted molar refractivity (Wildman–Crippen MR) is 81.3 cm³/mol. The molecule has 0 radical (unpaired) electrons. The second-order valence-corrected chi connectivity index (χ2v) is 4.90. The third-order valence-electron chi connectivity index (χ3n) is 3.47. The number of aryl methyl sites for hydroxylation is 1. The fourth-order valence-electron chi connectivity index (χ4n) is 2.54. The molecule has 0 saturated carbocycles. The average molecular weight is 298 g/mol. The van der Waals surface area contributed by atoms with Crippen LogP contribution in [0.15, 0.2) is 42.6 Å². The molecule has 0 unspecified atom stereocenters. The third kappa shape index (κ3) is 2.35. The molecule has 5 heteroatoms. The van der Waals surface area contributed by atoms with Crippen molar-refractivity contribution < 1.29 is 13.9 Å². The van der Waals surface area contributed by atoms with E-state index in [1.165, 1.54) is 12.1 Å².